The van der Waals surface area contributed by atoms with Gasteiger partial charge in [-0.15, -0.1) is 11.3 Å². The highest BCUT2D eigenvalue weighted by molar-refractivity contribution is 9.10. The number of nitrogens with one attached hydrogen (secondary N) is 3. The number of para-hydroxylation sites is 1. The van der Waals surface area contributed by atoms with Crippen LogP contribution in [0.5, 0.6) is 0 Å². The van der Waals surface area contributed by atoms with Gasteiger partial charge in [-0.3, -0.25) is 4.79 Å². The molecule has 0 atom stereocenters. The second-order valence-electron chi connectivity index (χ2n) is 5.98. The summed E-state index contributed by atoms with van der Waals surface area (Å²) in [7, 11) is 0. The normalized spacial score (nSPS) is 10.4. The summed E-state index contributed by atoms with van der Waals surface area (Å²) in [6.07, 6.45) is 0.161. The first-order valence-corrected chi connectivity index (χ1v) is 10.3. The summed E-state index contributed by atoms with van der Waals surface area (Å²) in [6, 6.07) is 16.7. The summed E-state index contributed by atoms with van der Waals surface area (Å²) < 4.78 is 1.00. The molecule has 2 aromatic carbocycles. The number of carbonyl (C=O) groups is 2. The number of thiazole rings is 1. The molecule has 3 amide bonds. The van der Waals surface area contributed by atoms with Crippen molar-refractivity contribution in [3.05, 3.63) is 63.9 Å². The molecule has 0 saturated carbocycles. The molecular weight excluding hydrogens is 440 g/mol. The predicted molar refractivity (Wildman–Crippen MR) is 117 cm³/mol. The number of nitrogens with zero attached hydrogens (tertiary/aromatic N) is 1. The zero-order valence-corrected chi connectivity index (χ0v) is 17.6. The van der Waals surface area contributed by atoms with Crippen LogP contribution in [0.1, 0.15) is 11.3 Å². The number of anilines is 2. The van der Waals surface area contributed by atoms with Gasteiger partial charge in [0.25, 0.3) is 0 Å². The molecule has 3 aromatic rings. The average Bonchev–Trinajstić information content (AvgIpc) is 3.03. The van der Waals surface area contributed by atoms with Crippen molar-refractivity contribution in [2.24, 2.45) is 0 Å². The molecule has 0 radical (unpaired) electrons. The number of amides is 3. The molecule has 3 rings (SSSR count). The van der Waals surface area contributed by atoms with Crippen LogP contribution in [0.3, 0.4) is 0 Å². The van der Waals surface area contributed by atoms with E-state index in [9.17, 15) is 9.59 Å². The van der Waals surface area contributed by atoms with Gasteiger partial charge < -0.3 is 16.0 Å². The molecule has 0 saturated heterocycles. The van der Waals surface area contributed by atoms with E-state index in [1.807, 2.05) is 49.4 Å². The lowest BCUT2D eigenvalue weighted by molar-refractivity contribution is -0.116. The van der Waals surface area contributed by atoms with Crippen LogP contribution >= 0.6 is 27.3 Å². The van der Waals surface area contributed by atoms with Crippen molar-refractivity contribution in [3.8, 4) is 11.3 Å². The number of hydrogen-bond donors (Lipinski definition) is 3. The molecule has 0 aliphatic heterocycles. The van der Waals surface area contributed by atoms with Gasteiger partial charge in [-0.2, -0.15) is 0 Å². The van der Waals surface area contributed by atoms with Crippen molar-refractivity contribution in [1.29, 1.82) is 0 Å². The molecule has 28 heavy (non-hydrogen) atoms. The van der Waals surface area contributed by atoms with Crippen molar-refractivity contribution < 1.29 is 9.59 Å². The van der Waals surface area contributed by atoms with Gasteiger partial charge in [0, 0.05) is 33.6 Å². The Bertz CT molecular complexity index is 958. The molecule has 1 heterocycles. The van der Waals surface area contributed by atoms with Crippen LogP contribution < -0.4 is 16.0 Å². The molecule has 0 bridgehead atoms. The highest BCUT2D eigenvalue weighted by Crippen LogP contribution is 2.31. The number of urea groups is 1. The quantitative estimate of drug-likeness (QED) is 0.484. The minimum Gasteiger partial charge on any atom is -0.337 e. The number of rotatable bonds is 6. The summed E-state index contributed by atoms with van der Waals surface area (Å²) in [5, 5.41) is 8.71. The Morgan fingerprint density at radius 2 is 1.75 bits per heavy atom. The Morgan fingerprint density at radius 3 is 2.46 bits per heavy atom. The largest absolute Gasteiger partial charge is 0.337 e. The van der Waals surface area contributed by atoms with E-state index >= 15 is 0 Å². The van der Waals surface area contributed by atoms with Gasteiger partial charge in [-0.05, 0) is 31.2 Å². The minimum atomic E-state index is -0.346. The average molecular weight is 459 g/mol. The third-order valence-corrected chi connectivity index (χ3v) is 5.24. The summed E-state index contributed by atoms with van der Waals surface area (Å²) in [5.74, 6) is -0.198. The first-order valence-electron chi connectivity index (χ1n) is 8.64. The van der Waals surface area contributed by atoms with Gasteiger partial charge in [0.1, 0.15) is 0 Å². The Labute approximate surface area is 175 Å². The van der Waals surface area contributed by atoms with Crippen molar-refractivity contribution in [1.82, 2.24) is 10.3 Å². The Hall–Kier alpha value is -2.71. The third-order valence-electron chi connectivity index (χ3n) is 3.83. The number of halogens is 1. The summed E-state index contributed by atoms with van der Waals surface area (Å²) in [6.45, 7) is 2.20. The van der Waals surface area contributed by atoms with Crippen molar-refractivity contribution in [2.75, 3.05) is 17.2 Å². The molecule has 8 heteroatoms. The highest BCUT2D eigenvalue weighted by atomic mass is 79.9. The summed E-state index contributed by atoms with van der Waals surface area (Å²) >= 11 is 4.85. The van der Waals surface area contributed by atoms with Crippen molar-refractivity contribution in [3.63, 3.8) is 0 Å². The van der Waals surface area contributed by atoms with Crippen LogP contribution in [-0.4, -0.2) is 23.5 Å². The lowest BCUT2D eigenvalue weighted by atomic mass is 10.1. The second-order valence-corrected chi connectivity index (χ2v) is 8.09. The van der Waals surface area contributed by atoms with Crippen LogP contribution in [0.25, 0.3) is 11.3 Å². The topological polar surface area (TPSA) is 83.1 Å². The molecule has 0 unspecified atom stereocenters. The van der Waals surface area contributed by atoms with Crippen molar-refractivity contribution >= 4 is 50.0 Å². The lowest BCUT2D eigenvalue weighted by Gasteiger charge is -2.07. The van der Waals surface area contributed by atoms with Gasteiger partial charge >= 0.3 is 6.03 Å². The maximum atomic E-state index is 12.1. The third kappa shape index (κ3) is 5.64. The molecule has 0 aliphatic rings. The first kappa shape index (κ1) is 20.0. The maximum Gasteiger partial charge on any atom is 0.319 e. The van der Waals surface area contributed by atoms with Gasteiger partial charge in [-0.25, -0.2) is 9.78 Å². The minimum absolute atomic E-state index is 0.161. The van der Waals surface area contributed by atoms with Gasteiger partial charge in [-0.1, -0.05) is 46.3 Å². The number of aryl methyl sites for hydroxylation is 1. The van der Waals surface area contributed by atoms with Gasteiger partial charge in [0.2, 0.25) is 5.91 Å². The van der Waals surface area contributed by atoms with E-state index < -0.39 is 0 Å². The number of carbonyl (C=O) groups excluding carboxylic acids is 2. The van der Waals surface area contributed by atoms with Crippen LogP contribution in [0.2, 0.25) is 0 Å². The first-order chi connectivity index (χ1) is 13.5. The molecule has 144 valence electrons. The van der Waals surface area contributed by atoms with Gasteiger partial charge in [0.05, 0.1) is 5.69 Å². The fraction of sp³-hybridized carbons (Fsp3) is 0.150. The van der Waals surface area contributed by atoms with E-state index in [0.717, 1.165) is 20.6 Å². The van der Waals surface area contributed by atoms with E-state index in [-0.39, 0.29) is 24.9 Å². The second kappa shape index (κ2) is 9.48. The van der Waals surface area contributed by atoms with Crippen LogP contribution in [0.4, 0.5) is 15.6 Å². The molecule has 0 spiro atoms. The van der Waals surface area contributed by atoms with Crippen LogP contribution in [0.15, 0.2) is 59.1 Å². The molecule has 0 fully saturated rings. The van der Waals surface area contributed by atoms with Gasteiger partial charge in [0.15, 0.2) is 5.13 Å². The number of hydrogen-bond acceptors (Lipinski definition) is 4. The van der Waals surface area contributed by atoms with Crippen molar-refractivity contribution in [2.45, 2.75) is 13.3 Å². The molecule has 0 aliphatic carbocycles. The lowest BCUT2D eigenvalue weighted by Crippen LogP contribution is -2.31. The van der Waals surface area contributed by atoms with E-state index in [1.54, 1.807) is 12.1 Å². The zero-order valence-electron chi connectivity index (χ0n) is 15.2. The van der Waals surface area contributed by atoms with Crippen LogP contribution in [0, 0.1) is 6.92 Å². The monoisotopic (exact) mass is 458 g/mol. The molecule has 6 nitrogen and oxygen atoms in total. The van der Waals surface area contributed by atoms with Crippen LogP contribution in [-0.2, 0) is 4.79 Å². The van der Waals surface area contributed by atoms with E-state index in [2.05, 4.69) is 36.9 Å². The smallest absolute Gasteiger partial charge is 0.319 e. The molecule has 1 aromatic heterocycles. The zero-order chi connectivity index (χ0) is 19.9. The predicted octanol–water partition coefficient (Wildman–Crippen LogP) is 5.03. The number of aromatic nitrogens is 1. The fourth-order valence-electron chi connectivity index (χ4n) is 2.49. The SMILES string of the molecule is Cc1sc(NC(=O)CCNC(=O)Nc2ccccc2)nc1-c1ccc(Br)cc1. The van der Waals surface area contributed by atoms with E-state index in [4.69, 9.17) is 0 Å². The Balaban J connectivity index is 1.48. The Kier molecular flexibility index (Phi) is 6.78. The highest BCUT2D eigenvalue weighted by Gasteiger charge is 2.12. The summed E-state index contributed by atoms with van der Waals surface area (Å²) in [4.78, 5) is 29.5. The Morgan fingerprint density at radius 1 is 1.04 bits per heavy atom. The molecule has 3 N–H and O–H groups in total. The fourth-order valence-corrected chi connectivity index (χ4v) is 3.61. The molecular formula is C20H19BrN4O2S. The standard InChI is InChI=1S/C20H19BrN4O2S/c1-13-18(14-7-9-15(21)10-8-14)25-20(28-13)24-17(26)11-12-22-19(27)23-16-5-3-2-4-6-16/h2-10H,11-12H2,1H3,(H2,22,23,27)(H,24,25,26). The number of benzene rings is 2. The van der Waals surface area contributed by atoms with E-state index in [1.165, 1.54) is 11.3 Å². The van der Waals surface area contributed by atoms with E-state index in [0.29, 0.717) is 10.8 Å². The maximum absolute atomic E-state index is 12.1. The summed E-state index contributed by atoms with van der Waals surface area (Å²) in [5.41, 5.74) is 2.55.